The minimum absolute atomic E-state index is 0.267. The third-order valence-corrected chi connectivity index (χ3v) is 6.53. The van der Waals surface area contributed by atoms with Gasteiger partial charge in [-0.25, -0.2) is 0 Å². The Balaban J connectivity index is 1.95. The summed E-state index contributed by atoms with van der Waals surface area (Å²) >= 11 is 0. The van der Waals surface area contributed by atoms with Crippen LogP contribution in [-0.4, -0.2) is 73.6 Å². The van der Waals surface area contributed by atoms with E-state index in [1.165, 1.54) is 52.7 Å². The first-order valence-electron chi connectivity index (χ1n) is 11.4. The van der Waals surface area contributed by atoms with Crippen LogP contribution in [-0.2, 0) is 23.7 Å². The first-order valence-corrected chi connectivity index (χ1v) is 11.4. The Hall–Kier alpha value is -0.540. The fourth-order valence-electron chi connectivity index (χ4n) is 4.19. The summed E-state index contributed by atoms with van der Waals surface area (Å²) in [4.78, 5) is 0. The molecule has 7 nitrogen and oxygen atoms in total. The highest BCUT2D eigenvalue weighted by atomic mass is 16.8. The van der Waals surface area contributed by atoms with Gasteiger partial charge in [-0.05, 0) is 31.9 Å². The number of aliphatic hydroxyl groups excluding tert-OH is 2. The number of rotatable bonds is 13. The first kappa shape index (κ1) is 25.7. The SMILES string of the molecule is CCCCCCCCCCO[C@H]1C=C(CO)[C@@H](O)[C@@H]2O[C@@](C)(OC)[C@](C)(OC)O[C@H]21. The zero-order chi connectivity index (χ0) is 22.2. The Morgan fingerprint density at radius 3 is 1.97 bits per heavy atom. The second kappa shape index (κ2) is 11.9. The van der Waals surface area contributed by atoms with E-state index in [-0.39, 0.29) is 6.61 Å². The topological polar surface area (TPSA) is 86.6 Å². The summed E-state index contributed by atoms with van der Waals surface area (Å²) < 4.78 is 29.7. The van der Waals surface area contributed by atoms with Crippen molar-refractivity contribution in [3.63, 3.8) is 0 Å². The molecule has 0 aromatic heterocycles. The molecule has 1 fully saturated rings. The molecule has 2 N–H and O–H groups in total. The van der Waals surface area contributed by atoms with Gasteiger partial charge in [0.25, 0.3) is 0 Å². The molecular weight excluding hydrogens is 388 g/mol. The van der Waals surface area contributed by atoms with Crippen molar-refractivity contribution < 1.29 is 33.9 Å². The van der Waals surface area contributed by atoms with E-state index in [1.807, 2.05) is 0 Å². The van der Waals surface area contributed by atoms with Crippen molar-refractivity contribution in [1.82, 2.24) is 0 Å². The second-order valence-electron chi connectivity index (χ2n) is 8.62. The van der Waals surface area contributed by atoms with Crippen molar-refractivity contribution in [1.29, 1.82) is 0 Å². The van der Waals surface area contributed by atoms with Gasteiger partial charge in [0, 0.05) is 20.8 Å². The summed E-state index contributed by atoms with van der Waals surface area (Å²) in [5, 5.41) is 20.4. The Morgan fingerprint density at radius 2 is 1.43 bits per heavy atom. The van der Waals surface area contributed by atoms with Gasteiger partial charge in [-0.15, -0.1) is 0 Å². The van der Waals surface area contributed by atoms with Crippen LogP contribution in [0.2, 0.25) is 0 Å². The van der Waals surface area contributed by atoms with Gasteiger partial charge in [-0.3, -0.25) is 0 Å². The summed E-state index contributed by atoms with van der Waals surface area (Å²) in [7, 11) is 3.04. The van der Waals surface area contributed by atoms with Gasteiger partial charge in [0.1, 0.15) is 24.4 Å². The lowest BCUT2D eigenvalue weighted by atomic mass is 9.87. The van der Waals surface area contributed by atoms with E-state index in [0.717, 1.165) is 12.8 Å². The van der Waals surface area contributed by atoms with Gasteiger partial charge in [0.05, 0.1) is 6.61 Å². The number of aliphatic hydroxyl groups is 2. The minimum Gasteiger partial charge on any atom is -0.392 e. The molecule has 176 valence electrons. The Bertz CT molecular complexity index is 540. The van der Waals surface area contributed by atoms with E-state index in [1.54, 1.807) is 19.9 Å². The van der Waals surface area contributed by atoms with Gasteiger partial charge < -0.3 is 33.9 Å². The van der Waals surface area contributed by atoms with E-state index in [9.17, 15) is 10.2 Å². The van der Waals surface area contributed by atoms with Gasteiger partial charge >= 0.3 is 0 Å². The fourth-order valence-corrected chi connectivity index (χ4v) is 4.19. The molecule has 0 unspecified atom stereocenters. The molecule has 0 amide bonds. The smallest absolute Gasteiger partial charge is 0.220 e. The fraction of sp³-hybridized carbons (Fsp3) is 0.913. The van der Waals surface area contributed by atoms with Gasteiger partial charge in [-0.2, -0.15) is 0 Å². The maximum Gasteiger partial charge on any atom is 0.220 e. The van der Waals surface area contributed by atoms with Crippen molar-refractivity contribution in [2.24, 2.45) is 0 Å². The molecule has 0 aromatic carbocycles. The van der Waals surface area contributed by atoms with Gasteiger partial charge in [-0.1, -0.05) is 51.9 Å². The number of ether oxygens (including phenoxy) is 5. The number of methoxy groups -OCH3 is 2. The summed E-state index contributed by atoms with van der Waals surface area (Å²) in [5.74, 6) is -2.39. The quantitative estimate of drug-likeness (QED) is 0.342. The van der Waals surface area contributed by atoms with Crippen molar-refractivity contribution in [3.8, 4) is 0 Å². The maximum absolute atomic E-state index is 10.7. The van der Waals surface area contributed by atoms with Crippen LogP contribution in [0.25, 0.3) is 0 Å². The van der Waals surface area contributed by atoms with E-state index in [0.29, 0.717) is 12.2 Å². The highest BCUT2D eigenvalue weighted by Gasteiger charge is 2.60. The van der Waals surface area contributed by atoms with Crippen LogP contribution in [0.1, 0.15) is 72.1 Å². The third-order valence-electron chi connectivity index (χ3n) is 6.53. The van der Waals surface area contributed by atoms with E-state index >= 15 is 0 Å². The molecule has 1 aliphatic carbocycles. The number of fused-ring (bicyclic) bond motifs is 1. The minimum atomic E-state index is -1.22. The lowest BCUT2D eigenvalue weighted by Crippen LogP contribution is -2.70. The molecule has 0 aromatic rings. The average molecular weight is 431 g/mol. The van der Waals surface area contributed by atoms with Crippen molar-refractivity contribution in [2.45, 2.75) is 108 Å². The number of unbranched alkanes of at least 4 members (excludes halogenated alkanes) is 7. The molecule has 1 aliphatic heterocycles. The Labute approximate surface area is 181 Å². The van der Waals surface area contributed by atoms with E-state index in [4.69, 9.17) is 23.7 Å². The predicted molar refractivity (Wildman–Crippen MR) is 114 cm³/mol. The zero-order valence-corrected chi connectivity index (χ0v) is 19.4. The molecule has 0 spiro atoms. The van der Waals surface area contributed by atoms with Crippen LogP contribution in [0, 0.1) is 0 Å². The monoisotopic (exact) mass is 430 g/mol. The highest BCUT2D eigenvalue weighted by molar-refractivity contribution is 5.22. The molecule has 0 bridgehead atoms. The van der Waals surface area contributed by atoms with Crippen LogP contribution in [0.5, 0.6) is 0 Å². The van der Waals surface area contributed by atoms with Crippen molar-refractivity contribution >= 4 is 0 Å². The van der Waals surface area contributed by atoms with Gasteiger partial charge in [0.2, 0.25) is 11.6 Å². The van der Waals surface area contributed by atoms with Crippen LogP contribution < -0.4 is 0 Å². The molecule has 7 heteroatoms. The normalized spacial score (nSPS) is 36.4. The number of hydrogen-bond donors (Lipinski definition) is 2. The molecule has 2 rings (SSSR count). The lowest BCUT2D eigenvalue weighted by Gasteiger charge is -2.55. The van der Waals surface area contributed by atoms with Gasteiger partial charge in [0.15, 0.2) is 0 Å². The zero-order valence-electron chi connectivity index (χ0n) is 19.4. The standard InChI is InChI=1S/C23H42O7/c1-6-7-8-9-10-11-12-13-14-28-18-15-17(16-24)19(25)21-20(18)29-22(2,26-4)23(3,27-5)30-21/h15,18-21,24-25H,6-14,16H2,1-5H3/t18-,19+,20-,21-,22+,23+/m0/s1. The molecule has 1 saturated heterocycles. The van der Waals surface area contributed by atoms with Crippen molar-refractivity contribution in [3.05, 3.63) is 11.6 Å². The van der Waals surface area contributed by atoms with Crippen LogP contribution >= 0.6 is 0 Å². The summed E-state index contributed by atoms with van der Waals surface area (Å²) in [6, 6.07) is 0. The number of hydrogen-bond acceptors (Lipinski definition) is 7. The molecule has 30 heavy (non-hydrogen) atoms. The van der Waals surface area contributed by atoms with Crippen LogP contribution in [0.4, 0.5) is 0 Å². The molecule has 0 saturated carbocycles. The lowest BCUT2D eigenvalue weighted by molar-refractivity contribution is -0.459. The summed E-state index contributed by atoms with van der Waals surface area (Å²) in [6.45, 7) is 6.01. The summed E-state index contributed by atoms with van der Waals surface area (Å²) in [6.07, 6.45) is 8.81. The summed E-state index contributed by atoms with van der Waals surface area (Å²) in [5.41, 5.74) is 0.472. The van der Waals surface area contributed by atoms with E-state index in [2.05, 4.69) is 6.92 Å². The van der Waals surface area contributed by atoms with Crippen LogP contribution in [0.15, 0.2) is 11.6 Å². The molecular formula is C23H42O7. The predicted octanol–water partition coefficient (Wildman–Crippen LogP) is 3.31. The molecule has 1 heterocycles. The van der Waals surface area contributed by atoms with Crippen molar-refractivity contribution in [2.75, 3.05) is 27.4 Å². The first-order chi connectivity index (χ1) is 14.4. The largest absolute Gasteiger partial charge is 0.392 e. The highest BCUT2D eigenvalue weighted by Crippen LogP contribution is 2.43. The maximum atomic E-state index is 10.7. The molecule has 0 radical (unpaired) electrons. The Kier molecular flexibility index (Phi) is 10.2. The molecule has 6 atom stereocenters. The third kappa shape index (κ3) is 5.82. The molecule has 2 aliphatic rings. The average Bonchev–Trinajstić information content (AvgIpc) is 2.75. The second-order valence-corrected chi connectivity index (χ2v) is 8.62. The van der Waals surface area contributed by atoms with Crippen LogP contribution in [0.3, 0.4) is 0 Å². The van der Waals surface area contributed by atoms with E-state index < -0.39 is 36.0 Å². The Morgan fingerprint density at radius 1 is 0.900 bits per heavy atom.